The van der Waals surface area contributed by atoms with Crippen LogP contribution < -0.4 is 4.74 Å². The Morgan fingerprint density at radius 1 is 1.21 bits per heavy atom. The minimum absolute atomic E-state index is 0.0251. The van der Waals surface area contributed by atoms with Crippen LogP contribution in [0, 0.1) is 10.1 Å². The first-order chi connectivity index (χ1) is 13.3. The number of carbonyl (C=O) groups is 2. The zero-order valence-corrected chi connectivity index (χ0v) is 15.5. The second-order valence-corrected chi connectivity index (χ2v) is 6.26. The van der Waals surface area contributed by atoms with Crippen LogP contribution in [0.15, 0.2) is 47.6 Å². The summed E-state index contributed by atoms with van der Waals surface area (Å²) < 4.78 is 10.9. The summed E-state index contributed by atoms with van der Waals surface area (Å²) in [5.74, 6) is -1.09. The maximum absolute atomic E-state index is 12.0. The molecule has 0 unspecified atom stereocenters. The summed E-state index contributed by atoms with van der Waals surface area (Å²) in [4.78, 5) is 33.9. The van der Waals surface area contributed by atoms with Crippen LogP contribution in [0.25, 0.3) is 0 Å². The van der Waals surface area contributed by atoms with E-state index in [0.717, 1.165) is 5.01 Å². The molecule has 1 amide bonds. The number of carbonyl (C=O) groups excluding carboxylic acids is 2. The molecule has 2 aromatic carbocycles. The van der Waals surface area contributed by atoms with Crippen molar-refractivity contribution in [2.75, 3.05) is 0 Å². The largest absolute Gasteiger partial charge is 0.446 e. The Morgan fingerprint density at radius 3 is 2.46 bits per heavy atom. The van der Waals surface area contributed by atoms with Crippen molar-refractivity contribution in [1.29, 1.82) is 0 Å². The number of non-ortho nitro benzene ring substituents is 1. The summed E-state index contributed by atoms with van der Waals surface area (Å²) in [5, 5.41) is 16.9. The van der Waals surface area contributed by atoms with Crippen LogP contribution >= 0.6 is 11.6 Å². The highest BCUT2D eigenvalue weighted by Gasteiger charge is 2.35. The lowest BCUT2D eigenvalue weighted by Crippen LogP contribution is -2.25. The molecule has 3 rings (SSSR count). The first-order valence-electron chi connectivity index (χ1n) is 8.04. The smallest absolute Gasteiger partial charge is 0.308 e. The van der Waals surface area contributed by atoms with E-state index in [1.54, 1.807) is 24.3 Å². The molecule has 1 aliphatic rings. The number of rotatable bonds is 4. The predicted molar refractivity (Wildman–Crippen MR) is 98.7 cm³/mol. The number of hydrazone groups is 1. The molecule has 2 aromatic rings. The van der Waals surface area contributed by atoms with Crippen molar-refractivity contribution in [2.24, 2.45) is 5.10 Å². The van der Waals surface area contributed by atoms with Crippen LogP contribution in [0.3, 0.4) is 0 Å². The van der Waals surface area contributed by atoms with Gasteiger partial charge in [-0.1, -0.05) is 23.7 Å². The predicted octanol–water partition coefficient (Wildman–Crippen LogP) is 3.41. The summed E-state index contributed by atoms with van der Waals surface area (Å²) in [5.41, 5.74) is 0.423. The zero-order chi connectivity index (χ0) is 20.4. The second kappa shape index (κ2) is 7.65. The molecule has 1 heterocycles. The number of halogens is 1. The summed E-state index contributed by atoms with van der Waals surface area (Å²) in [6.45, 7) is 2.50. The lowest BCUT2D eigenvalue weighted by Gasteiger charge is -2.19. The lowest BCUT2D eigenvalue weighted by molar-refractivity contribution is -0.384. The summed E-state index contributed by atoms with van der Waals surface area (Å²) >= 11 is 5.90. The molecule has 10 heteroatoms. The molecular weight excluding hydrogens is 390 g/mol. The topological polar surface area (TPSA) is 111 Å². The van der Waals surface area contributed by atoms with E-state index < -0.39 is 23.0 Å². The lowest BCUT2D eigenvalue weighted by atomic mass is 10.1. The summed E-state index contributed by atoms with van der Waals surface area (Å²) in [7, 11) is 0. The zero-order valence-electron chi connectivity index (χ0n) is 14.8. The molecule has 0 aliphatic carbocycles. The van der Waals surface area contributed by atoms with E-state index in [9.17, 15) is 19.7 Å². The van der Waals surface area contributed by atoms with Gasteiger partial charge in [-0.05, 0) is 18.2 Å². The minimum atomic E-state index is -0.894. The van der Waals surface area contributed by atoms with Gasteiger partial charge in [0.2, 0.25) is 18.0 Å². The van der Waals surface area contributed by atoms with Gasteiger partial charge >= 0.3 is 5.97 Å². The van der Waals surface area contributed by atoms with Crippen LogP contribution in [-0.4, -0.2) is 27.7 Å². The fraction of sp³-hybridized carbons (Fsp3) is 0.167. The van der Waals surface area contributed by atoms with Gasteiger partial charge in [0.05, 0.1) is 10.5 Å². The molecule has 0 radical (unpaired) electrons. The van der Waals surface area contributed by atoms with Crippen LogP contribution in [0.1, 0.15) is 31.2 Å². The van der Waals surface area contributed by atoms with Gasteiger partial charge in [0.25, 0.3) is 5.69 Å². The van der Waals surface area contributed by atoms with E-state index in [0.29, 0.717) is 10.6 Å². The molecule has 28 heavy (non-hydrogen) atoms. The number of nitro benzene ring substituents is 1. The third-order valence-electron chi connectivity index (χ3n) is 3.78. The van der Waals surface area contributed by atoms with Gasteiger partial charge in [0, 0.05) is 36.6 Å². The average molecular weight is 404 g/mol. The normalized spacial score (nSPS) is 15.6. The maximum Gasteiger partial charge on any atom is 0.308 e. The first kappa shape index (κ1) is 19.3. The fourth-order valence-corrected chi connectivity index (χ4v) is 2.69. The molecule has 0 N–H and O–H groups in total. The number of hydrogen-bond donors (Lipinski definition) is 0. The molecule has 9 nitrogen and oxygen atoms in total. The van der Waals surface area contributed by atoms with Gasteiger partial charge in [-0.15, -0.1) is 5.10 Å². The molecule has 0 aromatic heterocycles. The number of benzene rings is 2. The van der Waals surface area contributed by atoms with Crippen molar-refractivity contribution < 1.29 is 24.0 Å². The molecular formula is C18H14ClN3O6. The average Bonchev–Trinajstić information content (AvgIpc) is 3.07. The Kier molecular flexibility index (Phi) is 5.27. The number of nitrogens with zero attached hydrogens (tertiary/aromatic N) is 3. The van der Waals surface area contributed by atoms with Gasteiger partial charge < -0.3 is 9.47 Å². The van der Waals surface area contributed by atoms with Gasteiger partial charge in [0.1, 0.15) is 5.75 Å². The van der Waals surface area contributed by atoms with Crippen molar-refractivity contribution in [3.63, 3.8) is 0 Å². The van der Waals surface area contributed by atoms with E-state index in [4.69, 9.17) is 21.1 Å². The van der Waals surface area contributed by atoms with Crippen LogP contribution in [0.2, 0.25) is 5.02 Å². The number of nitro groups is 1. The van der Waals surface area contributed by atoms with E-state index in [-0.39, 0.29) is 22.9 Å². The number of hydrogen-bond acceptors (Lipinski definition) is 7. The van der Waals surface area contributed by atoms with Crippen molar-refractivity contribution in [1.82, 2.24) is 5.01 Å². The molecule has 0 spiro atoms. The Bertz CT molecular complexity index is 989. The standard InChI is InChI=1S/C18H14ClN3O6/c1-10(23)21-18(12-3-5-13(19)6-4-12)28-17(20-21)15-9-14(22(25)26)7-8-16(15)27-11(2)24/h3-9,18H,1-2H3/t18-/m1/s1. The van der Waals surface area contributed by atoms with E-state index >= 15 is 0 Å². The molecule has 0 saturated carbocycles. The second-order valence-electron chi connectivity index (χ2n) is 5.82. The van der Waals surface area contributed by atoms with E-state index in [1.165, 1.54) is 32.0 Å². The highest BCUT2D eigenvalue weighted by atomic mass is 35.5. The Labute approximate surface area is 164 Å². The van der Waals surface area contributed by atoms with Crippen molar-refractivity contribution in [3.05, 3.63) is 68.7 Å². The third kappa shape index (κ3) is 3.94. The Hall–Kier alpha value is -3.46. The highest BCUT2D eigenvalue weighted by Crippen LogP contribution is 2.34. The van der Waals surface area contributed by atoms with Crippen LogP contribution in [-0.2, 0) is 14.3 Å². The Balaban J connectivity index is 2.05. The molecule has 0 fully saturated rings. The number of esters is 1. The van der Waals surface area contributed by atoms with Crippen molar-refractivity contribution in [3.8, 4) is 5.75 Å². The molecule has 0 saturated heterocycles. The quantitative estimate of drug-likeness (QED) is 0.334. The Morgan fingerprint density at radius 2 is 1.89 bits per heavy atom. The van der Waals surface area contributed by atoms with Crippen molar-refractivity contribution >= 4 is 35.1 Å². The van der Waals surface area contributed by atoms with E-state index in [2.05, 4.69) is 5.10 Å². The van der Waals surface area contributed by atoms with Gasteiger partial charge in [-0.3, -0.25) is 19.7 Å². The molecule has 1 atom stereocenters. The monoisotopic (exact) mass is 403 g/mol. The third-order valence-corrected chi connectivity index (χ3v) is 4.03. The minimum Gasteiger partial charge on any atom is -0.446 e. The van der Waals surface area contributed by atoms with Crippen LogP contribution in [0.4, 0.5) is 5.69 Å². The maximum atomic E-state index is 12.0. The van der Waals surface area contributed by atoms with Gasteiger partial charge in [0.15, 0.2) is 0 Å². The number of amides is 1. The molecule has 144 valence electrons. The molecule has 0 bridgehead atoms. The van der Waals surface area contributed by atoms with E-state index in [1.807, 2.05) is 0 Å². The SMILES string of the molecule is CC(=O)Oc1ccc([N+](=O)[O-])cc1C1=NN(C(C)=O)[C@@H](c2ccc(Cl)cc2)O1. The first-order valence-corrected chi connectivity index (χ1v) is 8.42. The highest BCUT2D eigenvalue weighted by molar-refractivity contribution is 6.30. The number of ether oxygens (including phenoxy) is 2. The summed E-state index contributed by atoms with van der Waals surface area (Å²) in [6.07, 6.45) is -0.894. The van der Waals surface area contributed by atoms with Gasteiger partial charge in [-0.2, -0.15) is 5.01 Å². The van der Waals surface area contributed by atoms with Crippen molar-refractivity contribution in [2.45, 2.75) is 20.1 Å². The van der Waals surface area contributed by atoms with Crippen LogP contribution in [0.5, 0.6) is 5.75 Å². The molecule has 1 aliphatic heterocycles. The fourth-order valence-electron chi connectivity index (χ4n) is 2.56. The summed E-state index contributed by atoms with van der Waals surface area (Å²) in [6, 6.07) is 10.2. The van der Waals surface area contributed by atoms with Gasteiger partial charge in [-0.25, -0.2) is 0 Å².